The van der Waals surface area contributed by atoms with Crippen molar-refractivity contribution in [2.24, 2.45) is 4.99 Å². The number of aliphatic hydroxyl groups is 1. The summed E-state index contributed by atoms with van der Waals surface area (Å²) in [5.41, 5.74) is 8.86. The predicted octanol–water partition coefficient (Wildman–Crippen LogP) is 1.01. The Bertz CT molecular complexity index is 799. The van der Waals surface area contributed by atoms with Gasteiger partial charge in [0.25, 0.3) is 0 Å². The Balaban J connectivity index is 1.85. The first-order valence-corrected chi connectivity index (χ1v) is 7.86. The molecule has 1 aliphatic rings. The number of hydrogen-bond donors (Lipinski definition) is 3. The number of fused-ring (bicyclic) bond motifs is 1. The van der Waals surface area contributed by atoms with Gasteiger partial charge in [-0.25, -0.2) is 4.98 Å². The first-order valence-electron chi connectivity index (χ1n) is 7.86. The number of rotatable bonds is 6. The summed E-state index contributed by atoms with van der Waals surface area (Å²) >= 11 is 0. The van der Waals surface area contributed by atoms with Gasteiger partial charge < -0.3 is 21.1 Å². The van der Waals surface area contributed by atoms with E-state index >= 15 is 0 Å². The van der Waals surface area contributed by atoms with Crippen molar-refractivity contribution >= 4 is 34.5 Å². The van der Waals surface area contributed by atoms with Crippen LogP contribution >= 0.6 is 0 Å². The highest BCUT2D eigenvalue weighted by Crippen LogP contribution is 2.26. The Morgan fingerprint density at radius 2 is 2.17 bits per heavy atom. The van der Waals surface area contributed by atoms with Gasteiger partial charge in [-0.2, -0.15) is 4.98 Å². The minimum absolute atomic E-state index is 0.209. The molecule has 1 aromatic carbocycles. The molecule has 1 aromatic heterocycles. The fourth-order valence-electron chi connectivity index (χ4n) is 2.72. The van der Waals surface area contributed by atoms with E-state index in [0.29, 0.717) is 25.5 Å². The fraction of sp³-hybridized carbons (Fsp3) is 0.353. The summed E-state index contributed by atoms with van der Waals surface area (Å²) in [5, 5.41) is 14.1. The number of nitrogen functional groups attached to an aromatic ring is 1. The summed E-state index contributed by atoms with van der Waals surface area (Å²) in [7, 11) is 3.84. The van der Waals surface area contributed by atoms with Gasteiger partial charge in [-0.05, 0) is 43.4 Å². The molecule has 0 fully saturated rings. The van der Waals surface area contributed by atoms with Crippen LogP contribution in [0.3, 0.4) is 0 Å². The molecule has 2 heterocycles. The third-order valence-corrected chi connectivity index (χ3v) is 3.81. The van der Waals surface area contributed by atoms with Gasteiger partial charge in [0.05, 0.1) is 18.2 Å². The van der Waals surface area contributed by atoms with E-state index in [0.717, 1.165) is 22.0 Å². The van der Waals surface area contributed by atoms with Gasteiger partial charge in [0.2, 0.25) is 5.95 Å². The Kier molecular flexibility index (Phi) is 4.73. The summed E-state index contributed by atoms with van der Waals surface area (Å²) in [5.74, 6) is 0.847. The molecular weight excluding hydrogens is 304 g/mol. The summed E-state index contributed by atoms with van der Waals surface area (Å²) in [6.07, 6.45) is 3.32. The third-order valence-electron chi connectivity index (χ3n) is 3.81. The Hall–Kier alpha value is -2.51. The quantitative estimate of drug-likeness (QED) is 0.733. The van der Waals surface area contributed by atoms with Gasteiger partial charge in [-0.1, -0.05) is 6.07 Å². The van der Waals surface area contributed by atoms with E-state index < -0.39 is 6.10 Å². The second-order valence-corrected chi connectivity index (χ2v) is 6.14. The number of aromatic nitrogens is 2. The van der Waals surface area contributed by atoms with Crippen molar-refractivity contribution in [1.82, 2.24) is 14.9 Å². The van der Waals surface area contributed by atoms with Crippen molar-refractivity contribution in [2.45, 2.75) is 6.10 Å². The molecule has 1 atom stereocenters. The second-order valence-electron chi connectivity index (χ2n) is 6.14. The highest BCUT2D eigenvalue weighted by molar-refractivity contribution is 5.95. The van der Waals surface area contributed by atoms with E-state index in [9.17, 15) is 5.11 Å². The number of likely N-dealkylation sites (N-methyl/N-ethyl adjacent to an activating group) is 1. The molecule has 0 amide bonds. The molecule has 7 nitrogen and oxygen atoms in total. The molecule has 7 heteroatoms. The van der Waals surface area contributed by atoms with Crippen LogP contribution in [0.4, 0.5) is 11.8 Å². The minimum atomic E-state index is -0.494. The highest BCUT2D eigenvalue weighted by Gasteiger charge is 2.12. The zero-order valence-electron chi connectivity index (χ0n) is 13.9. The summed E-state index contributed by atoms with van der Waals surface area (Å²) in [6.45, 7) is 1.65. The number of nitrogens with one attached hydrogen (secondary N) is 1. The first kappa shape index (κ1) is 16.4. The summed E-state index contributed by atoms with van der Waals surface area (Å²) < 4.78 is 0. The van der Waals surface area contributed by atoms with Gasteiger partial charge in [-0.3, -0.25) is 4.99 Å². The number of hydrogen-bond acceptors (Lipinski definition) is 7. The summed E-state index contributed by atoms with van der Waals surface area (Å²) in [4.78, 5) is 14.7. The van der Waals surface area contributed by atoms with Gasteiger partial charge in [0, 0.05) is 24.7 Å². The Morgan fingerprint density at radius 1 is 1.33 bits per heavy atom. The lowest BCUT2D eigenvalue weighted by atomic mass is 10.0. The number of nitrogens with two attached hydrogens (primary N) is 1. The average Bonchev–Trinajstić information content (AvgIpc) is 3.05. The summed E-state index contributed by atoms with van der Waals surface area (Å²) in [6, 6.07) is 6.00. The molecule has 1 aliphatic heterocycles. The van der Waals surface area contributed by atoms with Crippen LogP contribution in [0.5, 0.6) is 0 Å². The van der Waals surface area contributed by atoms with E-state index in [1.165, 1.54) is 0 Å². The second kappa shape index (κ2) is 6.94. The average molecular weight is 326 g/mol. The van der Waals surface area contributed by atoms with Crippen LogP contribution in [-0.2, 0) is 0 Å². The van der Waals surface area contributed by atoms with Crippen molar-refractivity contribution in [3.8, 4) is 0 Å². The van der Waals surface area contributed by atoms with Crippen LogP contribution in [0.2, 0.25) is 0 Å². The number of benzene rings is 1. The highest BCUT2D eigenvalue weighted by atomic mass is 16.3. The van der Waals surface area contributed by atoms with Crippen molar-refractivity contribution in [3.05, 3.63) is 29.8 Å². The Morgan fingerprint density at radius 3 is 2.88 bits per heavy atom. The zero-order chi connectivity index (χ0) is 17.1. The molecule has 0 spiro atoms. The van der Waals surface area contributed by atoms with Gasteiger partial charge in [0.1, 0.15) is 5.82 Å². The van der Waals surface area contributed by atoms with Crippen molar-refractivity contribution in [2.75, 3.05) is 44.8 Å². The van der Waals surface area contributed by atoms with Gasteiger partial charge in [0.15, 0.2) is 0 Å². The molecule has 2 aromatic rings. The smallest absolute Gasteiger partial charge is 0.222 e. The number of allylic oxidation sites excluding steroid dienone is 1. The fourth-order valence-corrected chi connectivity index (χ4v) is 2.72. The maximum Gasteiger partial charge on any atom is 0.222 e. The molecule has 0 radical (unpaired) electrons. The third kappa shape index (κ3) is 3.69. The van der Waals surface area contributed by atoms with Crippen LogP contribution in [0.1, 0.15) is 5.56 Å². The van der Waals surface area contributed by atoms with Crippen molar-refractivity contribution in [3.63, 3.8) is 0 Å². The molecule has 3 rings (SSSR count). The number of nitrogens with zero attached hydrogens (tertiary/aromatic N) is 4. The van der Waals surface area contributed by atoms with Crippen LogP contribution in [-0.4, -0.2) is 66.0 Å². The minimum Gasteiger partial charge on any atom is -0.390 e. The van der Waals surface area contributed by atoms with Crippen molar-refractivity contribution in [1.29, 1.82) is 0 Å². The van der Waals surface area contributed by atoms with Gasteiger partial charge >= 0.3 is 0 Å². The van der Waals surface area contributed by atoms with Crippen LogP contribution in [0.25, 0.3) is 16.5 Å². The molecule has 0 saturated carbocycles. The molecule has 1 unspecified atom stereocenters. The molecule has 126 valence electrons. The molecular formula is C17H22N6O. The lowest BCUT2D eigenvalue weighted by Gasteiger charge is -2.17. The number of aliphatic hydroxyl groups excluding tert-OH is 1. The first-order chi connectivity index (χ1) is 11.5. The van der Waals surface area contributed by atoms with E-state index in [-0.39, 0.29) is 5.95 Å². The van der Waals surface area contributed by atoms with E-state index in [2.05, 4.69) is 20.3 Å². The molecule has 0 saturated heterocycles. The lowest BCUT2D eigenvalue weighted by molar-refractivity contribution is 0.148. The van der Waals surface area contributed by atoms with Crippen LogP contribution in [0.15, 0.2) is 29.3 Å². The largest absolute Gasteiger partial charge is 0.390 e. The number of anilines is 2. The lowest BCUT2D eigenvalue weighted by Crippen LogP contribution is -2.31. The SMILES string of the molecule is CN(C)CC(O)CNc1nc(N)nc2cc(C3=CC=NC3)ccc12. The van der Waals surface area contributed by atoms with E-state index in [4.69, 9.17) is 5.73 Å². The molecule has 24 heavy (non-hydrogen) atoms. The topological polar surface area (TPSA) is 99.7 Å². The maximum absolute atomic E-state index is 10.0. The monoisotopic (exact) mass is 326 g/mol. The standard InChI is InChI=1S/C17H22N6O/c1-23(2)10-13(24)9-20-16-14-4-3-11(12-5-6-19-8-12)7-15(14)21-17(18)22-16/h3-7,13,24H,8-10H2,1-2H3,(H3,18,20,21,22). The van der Waals surface area contributed by atoms with E-state index in [1.807, 2.05) is 49.5 Å². The van der Waals surface area contributed by atoms with E-state index in [1.54, 1.807) is 0 Å². The Labute approximate surface area is 140 Å². The van der Waals surface area contributed by atoms with Crippen molar-refractivity contribution < 1.29 is 5.11 Å². The normalized spacial score (nSPS) is 15.1. The van der Waals surface area contributed by atoms with Gasteiger partial charge in [-0.15, -0.1) is 0 Å². The molecule has 0 bridgehead atoms. The molecule has 0 aliphatic carbocycles. The van der Waals surface area contributed by atoms with Crippen LogP contribution in [0, 0.1) is 0 Å². The maximum atomic E-state index is 10.0. The zero-order valence-corrected chi connectivity index (χ0v) is 13.9. The predicted molar refractivity (Wildman–Crippen MR) is 98.3 cm³/mol. The van der Waals surface area contributed by atoms with Crippen LogP contribution < -0.4 is 11.1 Å². The molecule has 4 N–H and O–H groups in total. The number of aliphatic imine (C=N–C) groups is 1.